The number of carbonyl (C=O) groups is 7. The first-order valence-electron chi connectivity index (χ1n) is 24.6. The van der Waals surface area contributed by atoms with Crippen molar-refractivity contribution >= 4 is 51.3 Å². The molecule has 0 aliphatic rings. The first-order valence-corrected chi connectivity index (χ1v) is 26.6. The number of hydrogen-bond donors (Lipinski definition) is 9. The van der Waals surface area contributed by atoms with Crippen LogP contribution in [0.2, 0.25) is 0 Å². The fourth-order valence-corrected chi connectivity index (χ4v) is 8.26. The molecule has 392 valence electrons. The molecule has 1 aromatic heterocycles. The van der Waals surface area contributed by atoms with Crippen LogP contribution >= 0.6 is 0 Å². The van der Waals surface area contributed by atoms with Gasteiger partial charge in [-0.3, -0.25) is 28.8 Å². The van der Waals surface area contributed by atoms with Gasteiger partial charge in [0.1, 0.15) is 40.0 Å². The van der Waals surface area contributed by atoms with Crippen molar-refractivity contribution < 1.29 is 51.8 Å². The Kier molecular flexibility index (Phi) is 27.2. The highest BCUT2D eigenvalue weighted by molar-refractivity contribution is 7.90. The summed E-state index contributed by atoms with van der Waals surface area (Å²) >= 11 is 0. The van der Waals surface area contributed by atoms with Crippen LogP contribution in [-0.2, 0) is 67.4 Å². The van der Waals surface area contributed by atoms with Crippen molar-refractivity contribution in [1.29, 1.82) is 0 Å². The van der Waals surface area contributed by atoms with Gasteiger partial charge in [0.15, 0.2) is 0 Å². The maximum atomic E-state index is 14.5. The van der Waals surface area contributed by atoms with Gasteiger partial charge in [0, 0.05) is 43.8 Å². The molecule has 0 bridgehead atoms. The summed E-state index contributed by atoms with van der Waals surface area (Å²) in [6.45, 7) is 2.68. The minimum Gasteiger partial charge on any atom is -0.481 e. The van der Waals surface area contributed by atoms with E-state index < -0.39 is 106 Å². The van der Waals surface area contributed by atoms with Gasteiger partial charge < -0.3 is 52.9 Å². The highest BCUT2D eigenvalue weighted by Gasteiger charge is 2.34. The maximum absolute atomic E-state index is 14.5. The van der Waals surface area contributed by atoms with Gasteiger partial charge in [-0.25, -0.2) is 18.2 Å². The van der Waals surface area contributed by atoms with E-state index in [-0.39, 0.29) is 38.7 Å². The fourth-order valence-electron chi connectivity index (χ4n) is 7.58. The topological polar surface area (TPSA) is 324 Å². The Bertz CT molecular complexity index is 2200. The Morgan fingerprint density at radius 1 is 0.634 bits per heavy atom. The molecular weight excluding hydrogens is 935 g/mol. The number of unbranched alkanes of at least 4 members (excludes halogenated alkanes) is 8. The van der Waals surface area contributed by atoms with Crippen LogP contribution in [0.1, 0.15) is 114 Å². The number of nitrogens with one attached hydrogen (secondary N) is 6. The number of nitrogens with two attached hydrogens (primary N) is 2. The van der Waals surface area contributed by atoms with E-state index in [1.807, 2.05) is 30.3 Å². The van der Waals surface area contributed by atoms with Gasteiger partial charge in [-0.2, -0.15) is 0 Å². The molecule has 0 radical (unpaired) electrons. The molecule has 0 aliphatic carbocycles. The number of amides is 5. The quantitative estimate of drug-likeness (QED) is 0.0298. The molecule has 0 spiro atoms. The van der Waals surface area contributed by atoms with Gasteiger partial charge in [-0.05, 0) is 56.2 Å². The van der Waals surface area contributed by atoms with Crippen molar-refractivity contribution in [2.75, 3.05) is 25.2 Å². The Morgan fingerprint density at radius 2 is 1.13 bits per heavy atom. The Balaban J connectivity index is 1.88. The lowest BCUT2D eigenvalue weighted by molar-refractivity contribution is -0.148. The number of hydrogen-bond acceptors (Lipinski definition) is 13. The lowest BCUT2D eigenvalue weighted by Gasteiger charge is -2.27. The average molecular weight is 1010 g/mol. The van der Waals surface area contributed by atoms with Crippen molar-refractivity contribution in [3.63, 3.8) is 0 Å². The van der Waals surface area contributed by atoms with Crippen LogP contribution in [0.4, 0.5) is 0 Å². The number of rotatable bonds is 36. The lowest BCUT2D eigenvalue weighted by Crippen LogP contribution is -2.60. The zero-order valence-electron chi connectivity index (χ0n) is 41.1. The summed E-state index contributed by atoms with van der Waals surface area (Å²) in [5, 5.41) is 22.8. The Labute approximate surface area is 417 Å². The van der Waals surface area contributed by atoms with Crippen LogP contribution in [0.3, 0.4) is 0 Å². The number of aliphatic carboxylic acids is 1. The molecule has 0 unspecified atom stereocenters. The van der Waals surface area contributed by atoms with E-state index in [0.29, 0.717) is 37.1 Å². The molecule has 0 fully saturated rings. The molecule has 11 N–H and O–H groups in total. The monoisotopic (exact) mass is 1010 g/mol. The number of carbonyl (C=O) groups excluding carboxylic acids is 6. The number of ether oxygens (including phenoxy) is 1. The molecule has 71 heavy (non-hydrogen) atoms. The molecule has 1 heterocycles. The molecule has 2 aromatic carbocycles. The number of benzene rings is 2. The number of carboxylic acids is 1. The Hall–Kier alpha value is -6.19. The number of sulfone groups is 1. The molecule has 21 heteroatoms. The third kappa shape index (κ3) is 24.5. The number of esters is 1. The van der Waals surface area contributed by atoms with Crippen LogP contribution in [0.15, 0.2) is 73.2 Å². The van der Waals surface area contributed by atoms with E-state index in [2.05, 4.69) is 43.5 Å². The van der Waals surface area contributed by atoms with Crippen molar-refractivity contribution in [3.8, 4) is 0 Å². The second-order valence-electron chi connectivity index (χ2n) is 17.9. The average Bonchev–Trinajstić information content (AvgIpc) is 3.86. The second kappa shape index (κ2) is 32.6. The Morgan fingerprint density at radius 3 is 1.66 bits per heavy atom. The SMILES string of the molecule is CCCCCCCCCCOC(=O)[C@H](Cc1ccccc1)NC(=O)[C@@H](CCCCN)NC(=O)[C@H](Cc1ccccc1)NC(=O)[C@H](Cc1cnc[nH]1)NC(=O)[C@H](CCC(=O)O)NC(=O)[C@@H](N)CCS(C)(=O)=O. The molecule has 0 saturated heterocycles. The van der Waals surface area contributed by atoms with Gasteiger partial charge in [0.05, 0.1) is 24.7 Å². The normalized spacial score (nSPS) is 13.9. The zero-order valence-corrected chi connectivity index (χ0v) is 41.9. The van der Waals surface area contributed by atoms with Crippen LogP contribution < -0.4 is 38.1 Å². The van der Waals surface area contributed by atoms with E-state index in [9.17, 15) is 47.1 Å². The number of aromatic nitrogens is 2. The summed E-state index contributed by atoms with van der Waals surface area (Å²) in [6, 6.07) is 9.93. The summed E-state index contributed by atoms with van der Waals surface area (Å²) < 4.78 is 29.1. The highest BCUT2D eigenvalue weighted by Crippen LogP contribution is 2.13. The molecule has 0 aliphatic heterocycles. The van der Waals surface area contributed by atoms with E-state index in [1.165, 1.54) is 38.2 Å². The van der Waals surface area contributed by atoms with E-state index in [4.69, 9.17) is 16.2 Å². The predicted molar refractivity (Wildman–Crippen MR) is 268 cm³/mol. The van der Waals surface area contributed by atoms with Gasteiger partial charge >= 0.3 is 11.9 Å². The minimum absolute atomic E-state index is 0.0648. The third-order valence-electron chi connectivity index (χ3n) is 11.6. The van der Waals surface area contributed by atoms with Gasteiger partial charge in [0.2, 0.25) is 29.5 Å². The lowest BCUT2D eigenvalue weighted by atomic mass is 10.0. The van der Waals surface area contributed by atoms with E-state index >= 15 is 0 Å². The third-order valence-corrected chi connectivity index (χ3v) is 12.6. The van der Waals surface area contributed by atoms with Crippen molar-refractivity contribution in [1.82, 2.24) is 36.6 Å². The summed E-state index contributed by atoms with van der Waals surface area (Å²) in [7, 11) is -3.49. The van der Waals surface area contributed by atoms with E-state index in [1.54, 1.807) is 30.3 Å². The van der Waals surface area contributed by atoms with Crippen LogP contribution in [-0.4, -0.2) is 126 Å². The second-order valence-corrected chi connectivity index (χ2v) is 20.1. The largest absolute Gasteiger partial charge is 0.481 e. The standard InChI is InChI=1S/C50H75N9O11S/c1-3-4-5-6-7-8-9-18-28-70-50(67)43(31-36-21-14-11-15-22-36)59-46(63)39(23-16-17-27-51)56-48(65)41(30-35-19-12-10-13-20-35)57-49(66)42(32-37-33-53-34-54-37)58-47(64)40(24-25-44(60)61)55-45(62)38(52)26-29-71(2,68)69/h10-15,19-22,33-34,38-43H,3-9,16-18,23-32,51-52H2,1-2H3,(H,53,54)(H,55,62)(H,56,65)(H,57,66)(H,58,64)(H,59,63)(H,60,61)/t38-,39+,40-,41-,42-,43-/m0/s1. The van der Waals surface area contributed by atoms with Crippen molar-refractivity contribution in [2.24, 2.45) is 11.5 Å². The molecular formula is C50H75N9O11S. The molecule has 6 atom stereocenters. The molecule has 3 rings (SSSR count). The van der Waals surface area contributed by atoms with Crippen molar-refractivity contribution in [3.05, 3.63) is 90.0 Å². The van der Waals surface area contributed by atoms with Gasteiger partial charge in [0.25, 0.3) is 0 Å². The first kappa shape index (κ1) is 59.1. The maximum Gasteiger partial charge on any atom is 0.328 e. The smallest absolute Gasteiger partial charge is 0.328 e. The molecule has 5 amide bonds. The molecule has 20 nitrogen and oxygen atoms in total. The van der Waals surface area contributed by atoms with Gasteiger partial charge in [-0.1, -0.05) is 113 Å². The fraction of sp³-hybridized carbons (Fsp3) is 0.560. The number of H-pyrrole nitrogens is 1. The van der Waals surface area contributed by atoms with Gasteiger partial charge in [-0.15, -0.1) is 0 Å². The number of aromatic amines is 1. The first-order chi connectivity index (χ1) is 34.0. The number of carboxylic acid groups (broad SMARTS) is 1. The van der Waals surface area contributed by atoms with Crippen molar-refractivity contribution in [2.45, 2.75) is 152 Å². The summed E-state index contributed by atoms with van der Waals surface area (Å²) in [5.74, 6) is -6.46. The summed E-state index contributed by atoms with van der Waals surface area (Å²) in [5.41, 5.74) is 13.5. The predicted octanol–water partition coefficient (Wildman–Crippen LogP) is 2.30. The minimum atomic E-state index is -3.49. The number of imidazole rings is 1. The summed E-state index contributed by atoms with van der Waals surface area (Å²) in [4.78, 5) is 102. The molecule has 3 aromatic rings. The van der Waals surface area contributed by atoms with Crippen LogP contribution in [0.5, 0.6) is 0 Å². The number of nitrogens with zero attached hydrogens (tertiary/aromatic N) is 1. The molecule has 0 saturated carbocycles. The van der Waals surface area contributed by atoms with E-state index in [0.717, 1.165) is 31.1 Å². The summed E-state index contributed by atoms with van der Waals surface area (Å²) in [6.07, 6.45) is 11.9. The van der Waals surface area contributed by atoms with Crippen LogP contribution in [0, 0.1) is 0 Å². The van der Waals surface area contributed by atoms with Crippen LogP contribution in [0.25, 0.3) is 0 Å². The zero-order chi connectivity index (χ0) is 52.0. The highest BCUT2D eigenvalue weighted by atomic mass is 32.2.